The number of anilines is 4. The van der Waals surface area contributed by atoms with Crippen molar-refractivity contribution in [3.8, 4) is 0 Å². The molecule has 0 radical (unpaired) electrons. The lowest BCUT2D eigenvalue weighted by atomic mass is 10.1. The van der Waals surface area contributed by atoms with Gasteiger partial charge >= 0.3 is 0 Å². The highest BCUT2D eigenvalue weighted by molar-refractivity contribution is 7.90. The monoisotopic (exact) mass is 1770 g/mol. The molecule has 6 aromatic rings. The number of hydrogen-bond donors (Lipinski definition) is 8. The maximum Gasteiger partial charge on any atom is 0.258 e. The molecular formula is C75H99Cl3N20O16S4. The van der Waals surface area contributed by atoms with Gasteiger partial charge in [-0.05, 0) is 242 Å². The summed E-state index contributed by atoms with van der Waals surface area (Å²) >= 11 is 19.2. The highest BCUT2D eigenvalue weighted by Crippen LogP contribution is 2.35. The number of halogens is 3. The standard InChI is InChI=1S/C41H57ClN10O8S2.C34H42Cl2N10O8S2/c1-8-51(9-2)24-12-22-43-61(57,58)33-18-14-31(15-19-33)47-49-38(29(6)53)40(55)45-36-27-35(42)37(26-28(36)5)46-41(56)39(30(7)54)50-48-32-16-20-34(21-17-32)62(59,60)44-23-13-25-52(10-3)11-4;1-21(47)31(43-41-23-7-11-25(12-8-23)55(51,52)37-15-17-45(3)4)33(49)39-29-19-28(36)30(20-27(29)35)40-34(50)32(22(2)48)44-42-24-9-13-26(14-10-24)56(53,54)38-16-18-46(5)6/h14-21,26-27,38-39,43-44H,8-13,22-25H2,1-7H3,(H,45,55)(H,46,56);7-14,19-20,31-32,37-38H,15-18H2,1-6H3,(H,39,49)(H,40,50). The van der Waals surface area contributed by atoms with Gasteiger partial charge in [0.2, 0.25) is 64.3 Å². The molecule has 0 saturated carbocycles. The number of hydrogen-bond acceptors (Lipinski definition) is 28. The van der Waals surface area contributed by atoms with Crippen LogP contribution in [0.2, 0.25) is 15.1 Å². The summed E-state index contributed by atoms with van der Waals surface area (Å²) in [4.78, 5) is 110. The van der Waals surface area contributed by atoms with Gasteiger partial charge in [-0.15, -0.1) is 0 Å². The number of amides is 4. The SMILES string of the molecule is CC(=O)C(N=Nc1ccc(S(=O)(=O)NCCN(C)C)cc1)C(=O)Nc1cc(Cl)c(NC(=O)C(N=Nc2ccc(S(=O)(=O)NCCN(C)C)cc2)C(C)=O)cc1Cl.CCN(CC)CCCNS(=O)(=O)c1ccc(N=NC(C(C)=O)C(=O)Nc2cc(Cl)c(NC(=O)C(N=Nc3ccc(S(=O)(=O)NCCCN(CC)CC)cc3)C(C)=O)cc2C)cc1. The van der Waals surface area contributed by atoms with Gasteiger partial charge in [0.15, 0.2) is 23.1 Å². The molecule has 640 valence electrons. The summed E-state index contributed by atoms with van der Waals surface area (Å²) in [6, 6.07) is 20.5. The van der Waals surface area contributed by atoms with Crippen molar-refractivity contribution in [2.75, 3.05) is 128 Å². The number of nitrogens with one attached hydrogen (secondary N) is 8. The maximum absolute atomic E-state index is 13.2. The lowest BCUT2D eigenvalue weighted by molar-refractivity contribution is -0.127. The largest absolute Gasteiger partial charge is 0.323 e. The first kappa shape index (κ1) is 99.2. The topological polar surface area (TPSA) is 481 Å². The number of likely N-dealkylation sites (N-methyl/N-ethyl adjacent to an activating group) is 2. The van der Waals surface area contributed by atoms with Crippen molar-refractivity contribution in [1.82, 2.24) is 38.5 Å². The molecule has 0 bridgehead atoms. The number of nitrogens with zero attached hydrogens (tertiary/aromatic N) is 12. The van der Waals surface area contributed by atoms with Crippen molar-refractivity contribution < 1.29 is 72.0 Å². The predicted molar refractivity (Wildman–Crippen MR) is 452 cm³/mol. The van der Waals surface area contributed by atoms with Crippen LogP contribution >= 0.6 is 34.8 Å². The molecule has 36 nitrogen and oxygen atoms in total. The average molecular weight is 1770 g/mol. The Morgan fingerprint density at radius 1 is 0.339 bits per heavy atom. The van der Waals surface area contributed by atoms with Gasteiger partial charge in [-0.1, -0.05) is 62.5 Å². The van der Waals surface area contributed by atoms with E-state index in [1.54, 1.807) is 6.92 Å². The first-order valence-electron chi connectivity index (χ1n) is 36.9. The lowest BCUT2D eigenvalue weighted by Gasteiger charge is -2.17. The number of benzene rings is 6. The van der Waals surface area contributed by atoms with Gasteiger partial charge in [0.1, 0.15) is 0 Å². The zero-order valence-corrected chi connectivity index (χ0v) is 73.0. The Bertz CT molecular complexity index is 4790. The van der Waals surface area contributed by atoms with Crippen LogP contribution < -0.4 is 40.2 Å². The van der Waals surface area contributed by atoms with Crippen molar-refractivity contribution in [1.29, 1.82) is 0 Å². The van der Waals surface area contributed by atoms with E-state index in [-0.39, 0.29) is 106 Å². The van der Waals surface area contributed by atoms with Crippen LogP contribution in [-0.4, -0.2) is 231 Å². The van der Waals surface area contributed by atoms with E-state index in [2.05, 4.69) is 90.9 Å². The molecule has 6 aromatic carbocycles. The molecule has 4 atom stereocenters. The van der Waals surface area contributed by atoms with Crippen LogP contribution in [0.1, 0.15) is 73.8 Å². The van der Waals surface area contributed by atoms with Crippen molar-refractivity contribution in [2.24, 2.45) is 40.9 Å². The summed E-state index contributed by atoms with van der Waals surface area (Å²) in [6.45, 7) is 21.4. The van der Waals surface area contributed by atoms with Gasteiger partial charge in [0.25, 0.3) is 23.6 Å². The van der Waals surface area contributed by atoms with E-state index in [0.29, 0.717) is 31.5 Å². The van der Waals surface area contributed by atoms with E-state index >= 15 is 0 Å². The van der Waals surface area contributed by atoms with E-state index in [1.165, 1.54) is 128 Å². The molecule has 0 heterocycles. The second-order valence-electron chi connectivity index (χ2n) is 26.8. The van der Waals surface area contributed by atoms with Gasteiger partial charge in [-0.2, -0.15) is 40.9 Å². The first-order chi connectivity index (χ1) is 55.5. The van der Waals surface area contributed by atoms with E-state index in [9.17, 15) is 72.0 Å². The van der Waals surface area contributed by atoms with Crippen LogP contribution in [0.5, 0.6) is 0 Å². The Hall–Kier alpha value is -9.37. The summed E-state index contributed by atoms with van der Waals surface area (Å²) in [5, 5.41) is 41.1. The van der Waals surface area contributed by atoms with Crippen molar-refractivity contribution in [2.45, 2.75) is 119 Å². The highest BCUT2D eigenvalue weighted by Gasteiger charge is 2.30. The Labute approximate surface area is 702 Å². The quantitative estimate of drug-likeness (QED) is 0.01000. The Morgan fingerprint density at radius 2 is 0.559 bits per heavy atom. The van der Waals surface area contributed by atoms with E-state index in [0.717, 1.165) is 60.0 Å². The summed E-state index contributed by atoms with van der Waals surface area (Å²) in [7, 11) is -7.83. The second kappa shape index (κ2) is 47.4. The predicted octanol–water partition coefficient (Wildman–Crippen LogP) is 10.1. The van der Waals surface area contributed by atoms with Gasteiger partial charge < -0.3 is 40.9 Å². The number of rotatable bonds is 46. The van der Waals surface area contributed by atoms with E-state index < -0.39 is 111 Å². The Kier molecular flexibility index (Phi) is 39.9. The molecular weight excluding hydrogens is 1670 g/mol. The molecule has 8 N–H and O–H groups in total. The third-order valence-electron chi connectivity index (χ3n) is 17.1. The zero-order valence-electron chi connectivity index (χ0n) is 67.4. The summed E-state index contributed by atoms with van der Waals surface area (Å²) in [5.74, 6) is -6.08. The highest BCUT2D eigenvalue weighted by atomic mass is 35.5. The molecule has 118 heavy (non-hydrogen) atoms. The van der Waals surface area contributed by atoms with Crippen molar-refractivity contribution in [3.63, 3.8) is 0 Å². The fourth-order valence-corrected chi connectivity index (χ4v) is 15.1. The molecule has 0 aromatic heterocycles. The number of ketones is 4. The number of sulfonamides is 4. The molecule has 43 heteroatoms. The summed E-state index contributed by atoms with van der Waals surface area (Å²) in [5.41, 5.74) is 1.39. The zero-order chi connectivity index (χ0) is 87.8. The van der Waals surface area contributed by atoms with Crippen LogP contribution in [0.15, 0.2) is 182 Å². The fourth-order valence-electron chi connectivity index (χ4n) is 10.2. The maximum atomic E-state index is 13.2. The van der Waals surface area contributed by atoms with Crippen molar-refractivity contribution >= 4 is 167 Å². The van der Waals surface area contributed by atoms with Crippen LogP contribution in [0.25, 0.3) is 0 Å². The van der Waals surface area contributed by atoms with Crippen LogP contribution in [0.4, 0.5) is 45.5 Å². The van der Waals surface area contributed by atoms with Gasteiger partial charge in [0.05, 0.1) is 74.5 Å². The summed E-state index contributed by atoms with van der Waals surface area (Å²) < 4.78 is 111. The molecule has 4 unspecified atom stereocenters. The normalized spacial score (nSPS) is 13.3. The molecule has 6 rings (SSSR count). The third-order valence-corrected chi connectivity index (χ3v) is 23.9. The smallest absolute Gasteiger partial charge is 0.258 e. The number of aryl methyl sites for hydroxylation is 1. The van der Waals surface area contributed by atoms with Gasteiger partial charge in [-0.3, -0.25) is 38.4 Å². The van der Waals surface area contributed by atoms with E-state index in [1.807, 2.05) is 65.7 Å². The van der Waals surface area contributed by atoms with Gasteiger partial charge in [-0.25, -0.2) is 52.6 Å². The molecule has 0 aliphatic heterocycles. The average Bonchev–Trinajstić information content (AvgIpc) is 0.829. The molecule has 0 fully saturated rings. The van der Waals surface area contributed by atoms with E-state index in [4.69, 9.17) is 34.8 Å². The minimum absolute atomic E-state index is 0.00882. The first-order valence-corrected chi connectivity index (χ1v) is 43.9. The number of carbonyl (C=O) groups is 8. The van der Waals surface area contributed by atoms with Crippen molar-refractivity contribution in [3.05, 3.63) is 142 Å². The molecule has 0 aliphatic rings. The Balaban J connectivity index is 0.000000423. The number of Topliss-reactive ketones (excluding diaryl/α,β-unsaturated/α-hetero) is 4. The number of carbonyl (C=O) groups excluding carboxylic acids is 8. The fraction of sp³-hybridized carbons (Fsp3) is 0.413. The molecule has 0 spiro atoms. The molecule has 0 saturated heterocycles. The third kappa shape index (κ3) is 32.1. The minimum atomic E-state index is -3.77. The molecule has 4 amide bonds. The second-order valence-corrected chi connectivity index (χ2v) is 35.1. The van der Waals surface area contributed by atoms with Crippen LogP contribution in [-0.2, 0) is 78.4 Å². The Morgan fingerprint density at radius 3 is 0.788 bits per heavy atom. The minimum Gasteiger partial charge on any atom is -0.323 e. The summed E-state index contributed by atoms with van der Waals surface area (Å²) in [6.07, 6.45) is 1.30. The van der Waals surface area contributed by atoms with Crippen LogP contribution in [0, 0.1) is 6.92 Å². The van der Waals surface area contributed by atoms with Crippen LogP contribution in [0.3, 0.4) is 0 Å². The number of azo groups is 4. The lowest BCUT2D eigenvalue weighted by Crippen LogP contribution is -2.32. The van der Waals surface area contributed by atoms with Gasteiger partial charge in [0, 0.05) is 45.0 Å². The molecule has 0 aliphatic carbocycles.